The van der Waals surface area contributed by atoms with Crippen LogP contribution in [0.25, 0.3) is 21.5 Å². The lowest BCUT2D eigenvalue weighted by Crippen LogP contribution is -1.86. The second kappa shape index (κ2) is 8.36. The Morgan fingerprint density at radius 2 is 0.875 bits per heavy atom. The van der Waals surface area contributed by atoms with Gasteiger partial charge in [0.15, 0.2) is 0 Å². The van der Waals surface area contributed by atoms with Crippen molar-refractivity contribution in [2.75, 3.05) is 0 Å². The Morgan fingerprint density at radius 3 is 1.31 bits per heavy atom. The minimum Gasteiger partial charge on any atom is -0.507 e. The summed E-state index contributed by atoms with van der Waals surface area (Å²) < 4.78 is 0. The summed E-state index contributed by atoms with van der Waals surface area (Å²) in [4.78, 5) is 9.32. The van der Waals surface area contributed by atoms with Gasteiger partial charge in [0.05, 0.1) is 11.4 Å². The number of benzene rings is 5. The van der Waals surface area contributed by atoms with Crippen molar-refractivity contribution >= 4 is 45.3 Å². The molecule has 0 aliphatic rings. The zero-order valence-corrected chi connectivity index (χ0v) is 17.2. The lowest BCUT2D eigenvalue weighted by molar-refractivity contribution is 0.481. The van der Waals surface area contributed by atoms with Crippen molar-refractivity contribution < 1.29 is 10.2 Å². The van der Waals surface area contributed by atoms with Crippen LogP contribution >= 0.6 is 0 Å². The van der Waals surface area contributed by atoms with Crippen LogP contribution in [0.4, 0.5) is 11.4 Å². The van der Waals surface area contributed by atoms with E-state index in [4.69, 9.17) is 0 Å². The van der Waals surface area contributed by atoms with Gasteiger partial charge in [0.1, 0.15) is 11.5 Å². The molecule has 2 N–H and O–H groups in total. The molecule has 5 aromatic carbocycles. The predicted molar refractivity (Wildman–Crippen MR) is 132 cm³/mol. The van der Waals surface area contributed by atoms with Crippen LogP contribution in [0, 0.1) is 0 Å². The van der Waals surface area contributed by atoms with Gasteiger partial charge in [0, 0.05) is 34.3 Å². The van der Waals surface area contributed by atoms with Crippen molar-refractivity contribution in [3.63, 3.8) is 0 Å². The maximum atomic E-state index is 10.3. The van der Waals surface area contributed by atoms with Crippen molar-refractivity contribution in [2.45, 2.75) is 0 Å². The number of phenols is 2. The van der Waals surface area contributed by atoms with Gasteiger partial charge in [-0.25, -0.2) is 0 Å². The Bertz CT molecular complexity index is 1380. The number of rotatable bonds is 4. The van der Waals surface area contributed by atoms with E-state index in [1.807, 2.05) is 84.9 Å². The third kappa shape index (κ3) is 3.70. The van der Waals surface area contributed by atoms with E-state index in [1.54, 1.807) is 24.6 Å². The largest absolute Gasteiger partial charge is 0.507 e. The molecule has 0 heterocycles. The van der Waals surface area contributed by atoms with Crippen molar-refractivity contribution in [1.82, 2.24) is 0 Å². The van der Waals surface area contributed by atoms with E-state index >= 15 is 0 Å². The first-order valence-electron chi connectivity index (χ1n) is 10.3. The lowest BCUT2D eigenvalue weighted by atomic mass is 10.0. The summed E-state index contributed by atoms with van der Waals surface area (Å²) >= 11 is 0. The average Bonchev–Trinajstić information content (AvgIpc) is 2.82. The molecule has 0 saturated heterocycles. The van der Waals surface area contributed by atoms with Gasteiger partial charge < -0.3 is 10.2 Å². The van der Waals surface area contributed by atoms with Gasteiger partial charge in [-0.15, -0.1) is 0 Å². The Balaban J connectivity index is 1.53. The zero-order chi connectivity index (χ0) is 21.9. The molecule has 0 saturated carbocycles. The molecule has 4 nitrogen and oxygen atoms in total. The number of hydrogen-bond acceptors (Lipinski definition) is 4. The molecule has 0 spiro atoms. The Hall–Kier alpha value is -4.44. The van der Waals surface area contributed by atoms with Crippen molar-refractivity contribution in [2.24, 2.45) is 9.98 Å². The second-order valence-electron chi connectivity index (χ2n) is 7.45. The van der Waals surface area contributed by atoms with Gasteiger partial charge >= 0.3 is 0 Å². The van der Waals surface area contributed by atoms with Crippen molar-refractivity contribution in [3.8, 4) is 11.5 Å². The summed E-state index contributed by atoms with van der Waals surface area (Å²) in [5.74, 6) is 0.457. The molecule has 0 radical (unpaired) electrons. The van der Waals surface area contributed by atoms with Crippen LogP contribution in [-0.4, -0.2) is 22.6 Å². The number of hydrogen-bond donors (Lipinski definition) is 2. The molecule has 4 heteroatoms. The maximum Gasteiger partial charge on any atom is 0.124 e. The monoisotopic (exact) mass is 416 g/mol. The van der Waals surface area contributed by atoms with E-state index in [-0.39, 0.29) is 11.5 Å². The molecule has 0 bridgehead atoms. The topological polar surface area (TPSA) is 65.2 Å². The number of aromatic hydroxyl groups is 2. The molecule has 0 aromatic heterocycles. The van der Waals surface area contributed by atoms with Crippen LogP contribution in [0.2, 0.25) is 0 Å². The van der Waals surface area contributed by atoms with E-state index in [1.165, 1.54) is 0 Å². The second-order valence-corrected chi connectivity index (χ2v) is 7.45. The van der Waals surface area contributed by atoms with E-state index in [2.05, 4.69) is 9.98 Å². The van der Waals surface area contributed by atoms with E-state index < -0.39 is 0 Å². The van der Waals surface area contributed by atoms with Crippen LogP contribution in [-0.2, 0) is 0 Å². The highest BCUT2D eigenvalue weighted by atomic mass is 16.3. The van der Waals surface area contributed by atoms with E-state index in [0.717, 1.165) is 32.7 Å². The fraction of sp³-hybridized carbons (Fsp3) is 0. The highest BCUT2D eigenvalue weighted by molar-refractivity contribution is 6.05. The summed E-state index contributed by atoms with van der Waals surface area (Å²) in [6, 6.07) is 30.2. The van der Waals surface area contributed by atoms with Crippen molar-refractivity contribution in [1.29, 1.82) is 0 Å². The van der Waals surface area contributed by atoms with Crippen LogP contribution in [0.5, 0.6) is 11.5 Å². The van der Waals surface area contributed by atoms with Gasteiger partial charge in [-0.2, -0.15) is 0 Å². The predicted octanol–water partition coefficient (Wildman–Crippen LogP) is 6.91. The molecule has 5 rings (SSSR count). The number of aliphatic imine (C=N–C) groups is 2. The summed E-state index contributed by atoms with van der Waals surface area (Å²) in [5.41, 5.74) is 3.08. The van der Waals surface area contributed by atoms with Crippen LogP contribution < -0.4 is 0 Å². The minimum absolute atomic E-state index is 0.228. The number of phenolic OH excluding ortho intramolecular Hbond substituents is 2. The van der Waals surface area contributed by atoms with Crippen LogP contribution in [0.15, 0.2) is 107 Å². The zero-order valence-electron chi connectivity index (χ0n) is 17.2. The first-order chi connectivity index (χ1) is 15.7. The third-order valence-corrected chi connectivity index (χ3v) is 5.40. The summed E-state index contributed by atoms with van der Waals surface area (Å²) in [6.45, 7) is 0. The van der Waals surface area contributed by atoms with Crippen LogP contribution in [0.1, 0.15) is 11.1 Å². The lowest BCUT2D eigenvalue weighted by Gasteiger charge is -2.06. The first-order valence-corrected chi connectivity index (χ1v) is 10.3. The third-order valence-electron chi connectivity index (χ3n) is 5.40. The number of para-hydroxylation sites is 2. The highest BCUT2D eigenvalue weighted by Gasteiger charge is 2.06. The molecular formula is C28H20N2O2. The van der Waals surface area contributed by atoms with E-state index in [9.17, 15) is 10.2 Å². The average molecular weight is 416 g/mol. The molecule has 0 fully saturated rings. The van der Waals surface area contributed by atoms with Gasteiger partial charge in [-0.05, 0) is 35.0 Å². The summed E-state index contributed by atoms with van der Waals surface area (Å²) in [7, 11) is 0. The fourth-order valence-electron chi connectivity index (χ4n) is 3.88. The van der Waals surface area contributed by atoms with Crippen molar-refractivity contribution in [3.05, 3.63) is 108 Å². The first kappa shape index (κ1) is 19.5. The van der Waals surface area contributed by atoms with Gasteiger partial charge in [-0.3, -0.25) is 9.98 Å². The van der Waals surface area contributed by atoms with Gasteiger partial charge in [0.25, 0.3) is 0 Å². The Labute approximate surface area is 185 Å². The molecule has 5 aromatic rings. The summed E-state index contributed by atoms with van der Waals surface area (Å²) in [6.07, 6.45) is 3.50. The molecule has 0 aliphatic carbocycles. The highest BCUT2D eigenvalue weighted by Crippen LogP contribution is 2.31. The molecular weight excluding hydrogens is 396 g/mol. The number of nitrogens with zero attached hydrogens (tertiary/aromatic N) is 2. The quantitative estimate of drug-likeness (QED) is 0.313. The molecule has 0 aliphatic heterocycles. The molecule has 0 atom stereocenters. The Morgan fingerprint density at radius 1 is 0.469 bits per heavy atom. The molecule has 32 heavy (non-hydrogen) atoms. The SMILES string of the molecule is Oc1cccc2cccc(C=Nc3ccccc3N=Cc3cccc4cccc(O)c34)c12. The van der Waals surface area contributed by atoms with Gasteiger partial charge in [-0.1, -0.05) is 72.8 Å². The maximum absolute atomic E-state index is 10.3. The molecule has 0 amide bonds. The fourth-order valence-corrected chi connectivity index (χ4v) is 3.88. The molecule has 154 valence electrons. The standard InChI is InChI=1S/C28H20N2O2/c31-25-15-5-9-19-7-3-11-21(27(19)25)17-29-23-13-1-2-14-24(23)30-18-22-12-4-8-20-10-6-16-26(32)28(20)22/h1-18,31-32H. The smallest absolute Gasteiger partial charge is 0.124 e. The van der Waals surface area contributed by atoms with E-state index in [0.29, 0.717) is 11.4 Å². The normalized spacial score (nSPS) is 11.8. The number of fused-ring (bicyclic) bond motifs is 2. The summed E-state index contributed by atoms with van der Waals surface area (Å²) in [5, 5.41) is 24.1. The Kier molecular flexibility index (Phi) is 5.10. The van der Waals surface area contributed by atoms with Gasteiger partial charge in [0.2, 0.25) is 0 Å². The van der Waals surface area contributed by atoms with Crippen LogP contribution in [0.3, 0.4) is 0 Å². The minimum atomic E-state index is 0.228. The molecule has 0 unspecified atom stereocenters.